The second-order valence-corrected chi connectivity index (χ2v) is 6.96. The molecule has 0 spiro atoms. The highest BCUT2D eigenvalue weighted by Crippen LogP contribution is 2.32. The predicted molar refractivity (Wildman–Crippen MR) is 75.6 cm³/mol. The van der Waals surface area contributed by atoms with Gasteiger partial charge in [-0.15, -0.1) is 0 Å². The Morgan fingerprint density at radius 3 is 2.67 bits per heavy atom. The number of aliphatic hydroxyl groups is 1. The number of piperidine rings is 1. The number of hydrogen-bond donors (Lipinski definition) is 3. The lowest BCUT2D eigenvalue weighted by atomic mass is 9.87. The molecule has 0 aromatic rings. The molecule has 0 amide bonds. The fraction of sp³-hybridized carbons (Fsp3) is 1.00. The van der Waals surface area contributed by atoms with Crippen molar-refractivity contribution in [3.8, 4) is 0 Å². The van der Waals surface area contributed by atoms with E-state index in [0.717, 1.165) is 18.5 Å². The van der Waals surface area contributed by atoms with Crippen molar-refractivity contribution in [3.63, 3.8) is 0 Å². The molecule has 1 aliphatic heterocycles. The normalized spacial score (nSPS) is 33.8. The van der Waals surface area contributed by atoms with Crippen LogP contribution in [0.5, 0.6) is 0 Å². The molecule has 1 heterocycles. The van der Waals surface area contributed by atoms with Crippen molar-refractivity contribution < 1.29 is 5.11 Å². The number of nitrogens with one attached hydrogen (secondary N) is 2. The van der Waals surface area contributed by atoms with Gasteiger partial charge in [-0.1, -0.05) is 26.7 Å². The maximum atomic E-state index is 9.33. The molecule has 1 aliphatic carbocycles. The van der Waals surface area contributed by atoms with Gasteiger partial charge in [-0.2, -0.15) is 0 Å². The van der Waals surface area contributed by atoms with Crippen LogP contribution in [0.25, 0.3) is 0 Å². The van der Waals surface area contributed by atoms with Crippen LogP contribution >= 0.6 is 0 Å². The summed E-state index contributed by atoms with van der Waals surface area (Å²) < 4.78 is 0. The van der Waals surface area contributed by atoms with E-state index in [1.165, 1.54) is 45.1 Å². The van der Waals surface area contributed by atoms with E-state index >= 15 is 0 Å². The van der Waals surface area contributed by atoms with Crippen molar-refractivity contribution in [2.45, 2.75) is 64.5 Å². The standard InChI is InChI=1S/C15H30N2O/c1-15(2,11-18)10-17-14-8-5-6-12(14)13-7-3-4-9-16-13/h12-14,16-18H,3-11H2,1-2H3. The van der Waals surface area contributed by atoms with E-state index in [2.05, 4.69) is 24.5 Å². The number of rotatable bonds is 5. The topological polar surface area (TPSA) is 44.3 Å². The van der Waals surface area contributed by atoms with Crippen LogP contribution in [0, 0.1) is 11.3 Å². The Kier molecular flexibility index (Phi) is 5.05. The second kappa shape index (κ2) is 6.36. The summed E-state index contributed by atoms with van der Waals surface area (Å²) in [6.07, 6.45) is 8.13. The Bertz CT molecular complexity index is 249. The van der Waals surface area contributed by atoms with Crippen LogP contribution in [0.1, 0.15) is 52.4 Å². The molecule has 3 unspecified atom stereocenters. The summed E-state index contributed by atoms with van der Waals surface area (Å²) in [5, 5.41) is 16.8. The smallest absolute Gasteiger partial charge is 0.0494 e. The number of hydrogen-bond acceptors (Lipinski definition) is 3. The molecule has 1 saturated heterocycles. The Balaban J connectivity index is 1.83. The first-order valence-corrected chi connectivity index (χ1v) is 7.70. The molecule has 0 radical (unpaired) electrons. The first-order chi connectivity index (χ1) is 8.62. The van der Waals surface area contributed by atoms with Crippen LogP contribution < -0.4 is 10.6 Å². The third-order valence-electron chi connectivity index (χ3n) is 4.71. The molecule has 2 rings (SSSR count). The van der Waals surface area contributed by atoms with Gasteiger partial charge in [0.05, 0.1) is 0 Å². The zero-order valence-corrected chi connectivity index (χ0v) is 12.0. The van der Waals surface area contributed by atoms with Gasteiger partial charge in [-0.3, -0.25) is 0 Å². The largest absolute Gasteiger partial charge is 0.396 e. The summed E-state index contributed by atoms with van der Waals surface area (Å²) in [6.45, 7) is 6.65. The molecule has 2 aliphatic rings. The van der Waals surface area contributed by atoms with Gasteiger partial charge in [0, 0.05) is 30.7 Å². The van der Waals surface area contributed by atoms with Gasteiger partial charge in [0.25, 0.3) is 0 Å². The quantitative estimate of drug-likeness (QED) is 0.702. The highest BCUT2D eigenvalue weighted by atomic mass is 16.3. The Morgan fingerprint density at radius 1 is 1.17 bits per heavy atom. The van der Waals surface area contributed by atoms with Crippen molar-refractivity contribution in [1.82, 2.24) is 10.6 Å². The van der Waals surface area contributed by atoms with Crippen LogP contribution in [-0.4, -0.2) is 36.9 Å². The van der Waals surface area contributed by atoms with Crippen molar-refractivity contribution in [2.75, 3.05) is 19.7 Å². The lowest BCUT2D eigenvalue weighted by Crippen LogP contribution is -2.48. The zero-order valence-electron chi connectivity index (χ0n) is 12.0. The molecule has 18 heavy (non-hydrogen) atoms. The summed E-state index contributed by atoms with van der Waals surface area (Å²) in [7, 11) is 0. The summed E-state index contributed by atoms with van der Waals surface area (Å²) in [6, 6.07) is 1.39. The van der Waals surface area contributed by atoms with Crippen molar-refractivity contribution in [3.05, 3.63) is 0 Å². The highest BCUT2D eigenvalue weighted by Gasteiger charge is 2.34. The summed E-state index contributed by atoms with van der Waals surface area (Å²) in [5.41, 5.74) is 0.00708. The molecular formula is C15H30N2O. The maximum absolute atomic E-state index is 9.33. The monoisotopic (exact) mass is 254 g/mol. The highest BCUT2D eigenvalue weighted by molar-refractivity contribution is 4.93. The third-order valence-corrected chi connectivity index (χ3v) is 4.71. The molecule has 3 nitrogen and oxygen atoms in total. The van der Waals surface area contributed by atoms with Crippen LogP contribution in [0.3, 0.4) is 0 Å². The number of aliphatic hydroxyl groups excluding tert-OH is 1. The van der Waals surface area contributed by atoms with Crippen LogP contribution in [0.2, 0.25) is 0 Å². The van der Waals surface area contributed by atoms with Crippen LogP contribution in [0.15, 0.2) is 0 Å². The Morgan fingerprint density at radius 2 is 2.00 bits per heavy atom. The van der Waals surface area contributed by atoms with Gasteiger partial charge >= 0.3 is 0 Å². The molecule has 0 aromatic carbocycles. The lowest BCUT2D eigenvalue weighted by molar-refractivity contribution is 0.146. The van der Waals surface area contributed by atoms with Crippen LogP contribution in [-0.2, 0) is 0 Å². The van der Waals surface area contributed by atoms with Gasteiger partial charge in [0.2, 0.25) is 0 Å². The molecule has 3 N–H and O–H groups in total. The van der Waals surface area contributed by atoms with Gasteiger partial charge in [-0.25, -0.2) is 0 Å². The zero-order chi connectivity index (χ0) is 13.0. The fourth-order valence-corrected chi connectivity index (χ4v) is 3.43. The Hall–Kier alpha value is -0.120. The molecule has 106 valence electrons. The Labute approximate surface area is 112 Å². The van der Waals surface area contributed by atoms with Crippen LogP contribution in [0.4, 0.5) is 0 Å². The van der Waals surface area contributed by atoms with E-state index in [0.29, 0.717) is 6.04 Å². The van der Waals surface area contributed by atoms with E-state index in [1.54, 1.807) is 0 Å². The van der Waals surface area contributed by atoms with Gasteiger partial charge in [-0.05, 0) is 38.1 Å². The summed E-state index contributed by atoms with van der Waals surface area (Å²) in [4.78, 5) is 0. The van der Waals surface area contributed by atoms with Crippen molar-refractivity contribution >= 4 is 0 Å². The molecule has 3 atom stereocenters. The molecular weight excluding hydrogens is 224 g/mol. The van der Waals surface area contributed by atoms with Crippen molar-refractivity contribution in [2.24, 2.45) is 11.3 Å². The second-order valence-electron chi connectivity index (χ2n) is 6.96. The van der Waals surface area contributed by atoms with E-state index in [9.17, 15) is 5.11 Å². The maximum Gasteiger partial charge on any atom is 0.0494 e. The van der Waals surface area contributed by atoms with Gasteiger partial charge < -0.3 is 15.7 Å². The SMILES string of the molecule is CC(C)(CO)CNC1CCCC1C1CCCCN1. The predicted octanol–water partition coefficient (Wildman–Crippen LogP) is 1.91. The molecule has 2 fully saturated rings. The first kappa shape index (κ1) is 14.3. The molecule has 3 heteroatoms. The van der Waals surface area contributed by atoms with E-state index in [4.69, 9.17) is 0 Å². The molecule has 0 aromatic heterocycles. The molecule has 1 saturated carbocycles. The van der Waals surface area contributed by atoms with E-state index in [1.807, 2.05) is 0 Å². The minimum absolute atomic E-state index is 0.00708. The minimum atomic E-state index is 0.00708. The van der Waals surface area contributed by atoms with E-state index in [-0.39, 0.29) is 12.0 Å². The van der Waals surface area contributed by atoms with Crippen molar-refractivity contribution in [1.29, 1.82) is 0 Å². The fourth-order valence-electron chi connectivity index (χ4n) is 3.43. The molecule has 0 bridgehead atoms. The van der Waals surface area contributed by atoms with Gasteiger partial charge in [0.1, 0.15) is 0 Å². The lowest BCUT2D eigenvalue weighted by Gasteiger charge is -2.34. The average Bonchev–Trinajstić information content (AvgIpc) is 2.86. The van der Waals surface area contributed by atoms with Gasteiger partial charge in [0.15, 0.2) is 0 Å². The first-order valence-electron chi connectivity index (χ1n) is 7.70. The minimum Gasteiger partial charge on any atom is -0.396 e. The summed E-state index contributed by atoms with van der Waals surface area (Å²) >= 11 is 0. The van der Waals surface area contributed by atoms with E-state index < -0.39 is 0 Å². The average molecular weight is 254 g/mol. The third kappa shape index (κ3) is 3.69. The summed E-state index contributed by atoms with van der Waals surface area (Å²) in [5.74, 6) is 0.805.